The van der Waals surface area contributed by atoms with Crippen LogP contribution in [0, 0.1) is 0 Å². The molecule has 0 radical (unpaired) electrons. The summed E-state index contributed by atoms with van der Waals surface area (Å²) < 4.78 is 39.0. The third-order valence-corrected chi connectivity index (χ3v) is 3.81. The first-order chi connectivity index (χ1) is 10.7. The number of benzene rings is 2. The van der Waals surface area contributed by atoms with Crippen molar-refractivity contribution in [3.8, 4) is 0 Å². The average molecular weight is 342 g/mol. The number of H-pyrrole nitrogens is 1. The lowest BCUT2D eigenvalue weighted by atomic mass is 9.96. The second-order valence-electron chi connectivity index (χ2n) is 4.88. The Balaban J connectivity index is 2.60. The van der Waals surface area contributed by atoms with Crippen molar-refractivity contribution in [3.05, 3.63) is 57.0 Å². The molecule has 2 N–H and O–H groups in total. The molecule has 0 saturated carbocycles. The Labute approximate surface area is 131 Å². The minimum atomic E-state index is -4.74. The molecule has 1 heterocycles. The first-order valence-corrected chi connectivity index (χ1v) is 6.66. The Morgan fingerprint density at radius 2 is 1.87 bits per heavy atom. The Morgan fingerprint density at radius 3 is 2.48 bits per heavy atom. The highest BCUT2D eigenvalue weighted by atomic mass is 35.5. The largest absolute Gasteiger partial charge is 0.478 e. The van der Waals surface area contributed by atoms with Crippen LogP contribution in [0.1, 0.15) is 15.9 Å². The fourth-order valence-electron chi connectivity index (χ4n) is 2.52. The van der Waals surface area contributed by atoms with Crippen molar-refractivity contribution in [1.82, 2.24) is 4.98 Å². The lowest BCUT2D eigenvalue weighted by Gasteiger charge is -2.13. The summed E-state index contributed by atoms with van der Waals surface area (Å²) >= 11 is 5.69. The maximum Gasteiger partial charge on any atom is 0.417 e. The monoisotopic (exact) mass is 341 g/mol. The van der Waals surface area contributed by atoms with E-state index < -0.39 is 28.3 Å². The third kappa shape index (κ3) is 2.43. The van der Waals surface area contributed by atoms with Gasteiger partial charge in [-0.1, -0.05) is 11.6 Å². The minimum Gasteiger partial charge on any atom is -0.478 e. The summed E-state index contributed by atoms with van der Waals surface area (Å²) in [7, 11) is 0. The average Bonchev–Trinajstić information content (AvgIpc) is 2.44. The number of carboxylic acids is 1. The fourth-order valence-corrected chi connectivity index (χ4v) is 2.79. The number of nitrogens with one attached hydrogen (secondary N) is 1. The van der Waals surface area contributed by atoms with Gasteiger partial charge in [0.05, 0.1) is 21.5 Å². The maximum absolute atomic E-state index is 13.0. The number of pyridine rings is 1. The predicted molar refractivity (Wildman–Crippen MR) is 79.0 cm³/mol. The molecule has 4 nitrogen and oxygen atoms in total. The maximum atomic E-state index is 13.0. The molecule has 0 unspecified atom stereocenters. The summed E-state index contributed by atoms with van der Waals surface area (Å²) in [6.07, 6.45) is -3.41. The molecule has 118 valence electrons. The van der Waals surface area contributed by atoms with Gasteiger partial charge in [-0.2, -0.15) is 13.2 Å². The Morgan fingerprint density at radius 1 is 1.17 bits per heavy atom. The third-order valence-electron chi connectivity index (χ3n) is 3.50. The zero-order valence-electron chi connectivity index (χ0n) is 11.2. The minimum absolute atomic E-state index is 0.0553. The van der Waals surface area contributed by atoms with Crippen molar-refractivity contribution in [3.63, 3.8) is 0 Å². The molecule has 1 aromatic heterocycles. The second-order valence-corrected chi connectivity index (χ2v) is 5.28. The van der Waals surface area contributed by atoms with Crippen LogP contribution < -0.4 is 5.56 Å². The van der Waals surface area contributed by atoms with E-state index in [0.29, 0.717) is 11.5 Å². The zero-order chi connectivity index (χ0) is 16.9. The Hall–Kier alpha value is -2.54. The van der Waals surface area contributed by atoms with Gasteiger partial charge in [0.25, 0.3) is 5.56 Å². The normalized spacial score (nSPS) is 12.0. The molecule has 8 heteroatoms. The first-order valence-electron chi connectivity index (χ1n) is 6.28. The molecule has 23 heavy (non-hydrogen) atoms. The van der Waals surface area contributed by atoms with Gasteiger partial charge in [-0.05, 0) is 40.4 Å². The van der Waals surface area contributed by atoms with Crippen LogP contribution in [0.15, 0.2) is 35.3 Å². The van der Waals surface area contributed by atoms with Crippen molar-refractivity contribution in [2.75, 3.05) is 0 Å². The van der Waals surface area contributed by atoms with Crippen molar-refractivity contribution in [1.29, 1.82) is 0 Å². The number of rotatable bonds is 1. The van der Waals surface area contributed by atoms with Gasteiger partial charge >= 0.3 is 12.1 Å². The van der Waals surface area contributed by atoms with Crippen LogP contribution in [-0.4, -0.2) is 16.1 Å². The Kier molecular flexibility index (Phi) is 3.33. The SMILES string of the molecule is O=C(O)c1cc2cc[nH]c(=O)c2c2cc(Cl)c(C(F)(F)F)cc12. The van der Waals surface area contributed by atoms with Crippen LogP contribution in [0.4, 0.5) is 13.2 Å². The quantitative estimate of drug-likeness (QED) is 0.656. The van der Waals surface area contributed by atoms with E-state index in [2.05, 4.69) is 4.98 Å². The molecule has 3 aromatic rings. The van der Waals surface area contributed by atoms with Crippen molar-refractivity contribution < 1.29 is 23.1 Å². The summed E-state index contributed by atoms with van der Waals surface area (Å²) in [6.45, 7) is 0. The van der Waals surface area contributed by atoms with Crippen LogP contribution in [0.25, 0.3) is 21.5 Å². The highest BCUT2D eigenvalue weighted by Crippen LogP contribution is 2.39. The van der Waals surface area contributed by atoms with Crippen molar-refractivity contribution >= 4 is 39.1 Å². The summed E-state index contributed by atoms with van der Waals surface area (Å²) in [6, 6.07) is 4.27. The molecule has 0 atom stereocenters. The van der Waals surface area contributed by atoms with E-state index in [0.717, 1.165) is 6.07 Å². The number of alkyl halides is 3. The number of aromatic nitrogens is 1. The molecule has 0 aliphatic heterocycles. The van der Waals surface area contributed by atoms with Gasteiger partial charge in [0.15, 0.2) is 0 Å². The standard InChI is InChI=1S/C15H7ClF3NO3/c16-11-5-8-7(4-10(11)15(17,18)19)9(14(22)23)3-6-1-2-20-13(21)12(6)8/h1-5H,(H,20,21)(H,22,23). The molecule has 0 aliphatic rings. The van der Waals surface area contributed by atoms with E-state index in [1.54, 1.807) is 0 Å². The lowest BCUT2D eigenvalue weighted by molar-refractivity contribution is -0.137. The van der Waals surface area contributed by atoms with E-state index in [1.165, 1.54) is 18.3 Å². The van der Waals surface area contributed by atoms with Gasteiger partial charge in [-0.15, -0.1) is 0 Å². The van der Waals surface area contributed by atoms with Gasteiger partial charge in [-0.3, -0.25) is 4.79 Å². The Bertz CT molecular complexity index is 1020. The predicted octanol–water partition coefficient (Wildman–Crippen LogP) is 4.05. The van der Waals surface area contributed by atoms with Gasteiger partial charge in [0.1, 0.15) is 0 Å². The van der Waals surface area contributed by atoms with E-state index in [-0.39, 0.29) is 21.7 Å². The van der Waals surface area contributed by atoms with Gasteiger partial charge in [-0.25, -0.2) is 4.79 Å². The summed E-state index contributed by atoms with van der Waals surface area (Å²) in [5, 5.41) is 8.92. The molecule has 0 saturated heterocycles. The summed E-state index contributed by atoms with van der Waals surface area (Å²) in [4.78, 5) is 25.8. The van der Waals surface area contributed by atoms with Crippen LogP contribution in [-0.2, 0) is 6.18 Å². The molecule has 0 aliphatic carbocycles. The number of hydrogen-bond acceptors (Lipinski definition) is 2. The van der Waals surface area contributed by atoms with E-state index in [4.69, 9.17) is 11.6 Å². The van der Waals surface area contributed by atoms with Crippen LogP contribution in [0.3, 0.4) is 0 Å². The number of carbonyl (C=O) groups is 1. The zero-order valence-corrected chi connectivity index (χ0v) is 11.9. The molecule has 0 fully saturated rings. The number of fused-ring (bicyclic) bond motifs is 3. The number of halogens is 4. The summed E-state index contributed by atoms with van der Waals surface area (Å²) in [5.41, 5.74) is -2.03. The topological polar surface area (TPSA) is 70.2 Å². The van der Waals surface area contributed by atoms with Crippen LogP contribution >= 0.6 is 11.6 Å². The van der Waals surface area contributed by atoms with Gasteiger partial charge in [0.2, 0.25) is 0 Å². The highest BCUT2D eigenvalue weighted by Gasteiger charge is 2.34. The molecule has 3 rings (SSSR count). The van der Waals surface area contributed by atoms with E-state index >= 15 is 0 Å². The molecular formula is C15H7ClF3NO3. The first kappa shape index (κ1) is 15.4. The number of hydrogen-bond donors (Lipinski definition) is 2. The smallest absolute Gasteiger partial charge is 0.417 e. The number of aromatic amines is 1. The van der Waals surface area contributed by atoms with Crippen LogP contribution in [0.2, 0.25) is 5.02 Å². The second kappa shape index (κ2) is 4.99. The number of carboxylic acid groups (broad SMARTS) is 1. The molecular weight excluding hydrogens is 335 g/mol. The molecule has 0 spiro atoms. The van der Waals surface area contributed by atoms with E-state index in [9.17, 15) is 27.9 Å². The fraction of sp³-hybridized carbons (Fsp3) is 0.0667. The highest BCUT2D eigenvalue weighted by molar-refractivity contribution is 6.33. The molecule has 0 bridgehead atoms. The van der Waals surface area contributed by atoms with Crippen LogP contribution in [0.5, 0.6) is 0 Å². The van der Waals surface area contributed by atoms with E-state index in [1.807, 2.05) is 0 Å². The number of aromatic carboxylic acids is 1. The van der Waals surface area contributed by atoms with Gasteiger partial charge in [0, 0.05) is 6.20 Å². The van der Waals surface area contributed by atoms with Gasteiger partial charge < -0.3 is 10.1 Å². The summed E-state index contributed by atoms with van der Waals surface area (Å²) in [5.74, 6) is -1.40. The lowest BCUT2D eigenvalue weighted by Crippen LogP contribution is -2.10. The van der Waals surface area contributed by atoms with Crippen molar-refractivity contribution in [2.24, 2.45) is 0 Å². The van der Waals surface area contributed by atoms with Crippen molar-refractivity contribution in [2.45, 2.75) is 6.18 Å². The molecule has 2 aromatic carbocycles. The molecule has 0 amide bonds.